The Morgan fingerprint density at radius 3 is 2.43 bits per heavy atom. The van der Waals surface area contributed by atoms with Crippen molar-refractivity contribution in [3.05, 3.63) is 52.0 Å². The molecule has 2 aromatic carbocycles. The standard InChI is InChI=1S/C16H16BrNO4S/c1-10-9-16(11(2)8-13(10)17)23(20,21)22-15-7-5-4-6-14(15)18-12(3)19/h4-9H,1-3H3,(H,18,19). The molecule has 7 heteroatoms. The lowest BCUT2D eigenvalue weighted by molar-refractivity contribution is -0.114. The third-order valence-electron chi connectivity index (χ3n) is 3.12. The summed E-state index contributed by atoms with van der Waals surface area (Å²) < 4.78 is 31.2. The average molecular weight is 398 g/mol. The molecule has 0 atom stereocenters. The van der Waals surface area contributed by atoms with Crippen molar-refractivity contribution in [2.45, 2.75) is 25.7 Å². The maximum Gasteiger partial charge on any atom is 0.339 e. The molecule has 0 spiro atoms. The number of rotatable bonds is 4. The van der Waals surface area contributed by atoms with E-state index in [9.17, 15) is 13.2 Å². The van der Waals surface area contributed by atoms with E-state index in [1.807, 2.05) is 0 Å². The minimum atomic E-state index is -4.01. The lowest BCUT2D eigenvalue weighted by Gasteiger charge is -2.13. The highest BCUT2D eigenvalue weighted by atomic mass is 79.9. The maximum atomic E-state index is 12.6. The van der Waals surface area contributed by atoms with Gasteiger partial charge in [0.05, 0.1) is 5.69 Å². The number of carbonyl (C=O) groups excluding carboxylic acids is 1. The highest BCUT2D eigenvalue weighted by Crippen LogP contribution is 2.30. The molecule has 0 aliphatic rings. The second-order valence-electron chi connectivity index (χ2n) is 5.08. The Morgan fingerprint density at radius 2 is 1.78 bits per heavy atom. The molecule has 0 saturated carbocycles. The topological polar surface area (TPSA) is 72.5 Å². The van der Waals surface area contributed by atoms with Crippen LogP contribution in [0.3, 0.4) is 0 Å². The number of amides is 1. The highest BCUT2D eigenvalue weighted by molar-refractivity contribution is 9.10. The van der Waals surface area contributed by atoms with E-state index in [1.165, 1.54) is 13.0 Å². The zero-order chi connectivity index (χ0) is 17.2. The molecule has 1 N–H and O–H groups in total. The molecule has 0 aromatic heterocycles. The van der Waals surface area contributed by atoms with Crippen LogP contribution < -0.4 is 9.50 Å². The van der Waals surface area contributed by atoms with Crippen molar-refractivity contribution in [1.29, 1.82) is 0 Å². The quantitative estimate of drug-likeness (QED) is 0.796. The van der Waals surface area contributed by atoms with Gasteiger partial charge in [-0.3, -0.25) is 4.79 Å². The monoisotopic (exact) mass is 397 g/mol. The summed E-state index contributed by atoms with van der Waals surface area (Å²) in [5.74, 6) is -0.239. The van der Waals surface area contributed by atoms with E-state index >= 15 is 0 Å². The predicted octanol–water partition coefficient (Wildman–Crippen LogP) is 3.79. The summed E-state index contributed by atoms with van der Waals surface area (Å²) in [5, 5.41) is 2.55. The summed E-state index contributed by atoms with van der Waals surface area (Å²) in [6.45, 7) is 4.83. The summed E-state index contributed by atoms with van der Waals surface area (Å²) in [6, 6.07) is 9.66. The molecule has 0 aliphatic heterocycles. The van der Waals surface area contributed by atoms with Crippen molar-refractivity contribution < 1.29 is 17.4 Å². The largest absolute Gasteiger partial charge is 0.377 e. The van der Waals surface area contributed by atoms with Crippen LogP contribution in [-0.4, -0.2) is 14.3 Å². The fourth-order valence-corrected chi connectivity index (χ4v) is 3.72. The molecule has 0 heterocycles. The number of hydrogen-bond acceptors (Lipinski definition) is 4. The number of nitrogens with one attached hydrogen (secondary N) is 1. The fourth-order valence-electron chi connectivity index (χ4n) is 2.02. The molecular formula is C16H16BrNO4S. The highest BCUT2D eigenvalue weighted by Gasteiger charge is 2.22. The van der Waals surface area contributed by atoms with Crippen molar-refractivity contribution in [1.82, 2.24) is 0 Å². The number of benzene rings is 2. The molecule has 2 aromatic rings. The Kier molecular flexibility index (Phi) is 5.11. The zero-order valence-corrected chi connectivity index (χ0v) is 15.3. The second-order valence-corrected chi connectivity index (χ2v) is 7.45. The number of carbonyl (C=O) groups is 1. The van der Waals surface area contributed by atoms with Gasteiger partial charge in [-0.2, -0.15) is 8.42 Å². The molecule has 0 saturated heterocycles. The fraction of sp³-hybridized carbons (Fsp3) is 0.188. The van der Waals surface area contributed by atoms with Crippen molar-refractivity contribution in [3.8, 4) is 5.75 Å². The SMILES string of the molecule is CC(=O)Nc1ccccc1OS(=O)(=O)c1cc(C)c(Br)cc1C. The molecule has 0 bridgehead atoms. The summed E-state index contributed by atoms with van der Waals surface area (Å²) in [4.78, 5) is 11.3. The molecule has 0 radical (unpaired) electrons. The van der Waals surface area contributed by atoms with Gasteiger partial charge in [0.1, 0.15) is 4.90 Å². The Morgan fingerprint density at radius 1 is 1.13 bits per heavy atom. The molecule has 122 valence electrons. The predicted molar refractivity (Wildman–Crippen MR) is 92.2 cm³/mol. The van der Waals surface area contributed by atoms with E-state index in [-0.39, 0.29) is 16.6 Å². The molecule has 23 heavy (non-hydrogen) atoms. The molecule has 2 rings (SSSR count). The van der Waals surface area contributed by atoms with Crippen LogP contribution in [0.15, 0.2) is 45.8 Å². The van der Waals surface area contributed by atoms with E-state index < -0.39 is 10.1 Å². The molecular weight excluding hydrogens is 382 g/mol. The van der Waals surface area contributed by atoms with Gasteiger partial charge in [0, 0.05) is 11.4 Å². The number of hydrogen-bond donors (Lipinski definition) is 1. The molecule has 0 fully saturated rings. The summed E-state index contributed by atoms with van der Waals surface area (Å²) in [6.07, 6.45) is 0. The van der Waals surface area contributed by atoms with Crippen LogP contribution in [0.1, 0.15) is 18.1 Å². The second kappa shape index (κ2) is 6.72. The first-order valence-electron chi connectivity index (χ1n) is 6.78. The smallest absolute Gasteiger partial charge is 0.339 e. The summed E-state index contributed by atoms with van der Waals surface area (Å²) >= 11 is 3.37. The third-order valence-corrected chi connectivity index (χ3v) is 5.35. The summed E-state index contributed by atoms with van der Waals surface area (Å²) in [5.41, 5.74) is 1.66. The van der Waals surface area contributed by atoms with E-state index in [0.29, 0.717) is 11.3 Å². The van der Waals surface area contributed by atoms with Crippen LogP contribution in [-0.2, 0) is 14.9 Å². The number of para-hydroxylation sites is 2. The lowest BCUT2D eigenvalue weighted by atomic mass is 10.2. The van der Waals surface area contributed by atoms with Crippen LogP contribution in [0, 0.1) is 13.8 Å². The minimum Gasteiger partial charge on any atom is -0.377 e. The van der Waals surface area contributed by atoms with E-state index in [2.05, 4.69) is 21.2 Å². The van der Waals surface area contributed by atoms with Crippen LogP contribution in [0.2, 0.25) is 0 Å². The van der Waals surface area contributed by atoms with Gasteiger partial charge in [0.2, 0.25) is 5.91 Å². The van der Waals surface area contributed by atoms with Crippen molar-refractivity contribution >= 4 is 37.6 Å². The Hall–Kier alpha value is -1.86. The maximum absolute atomic E-state index is 12.6. The van der Waals surface area contributed by atoms with Gasteiger partial charge in [-0.15, -0.1) is 0 Å². The Bertz CT molecular complexity index is 862. The number of aryl methyl sites for hydroxylation is 2. The first-order valence-corrected chi connectivity index (χ1v) is 8.98. The van der Waals surface area contributed by atoms with E-state index in [1.54, 1.807) is 44.2 Å². The van der Waals surface area contributed by atoms with Crippen LogP contribution in [0.25, 0.3) is 0 Å². The lowest BCUT2D eigenvalue weighted by Crippen LogP contribution is -2.14. The van der Waals surface area contributed by atoms with E-state index in [0.717, 1.165) is 10.0 Å². The van der Waals surface area contributed by atoms with Crippen LogP contribution in [0.4, 0.5) is 5.69 Å². The third kappa shape index (κ3) is 4.11. The van der Waals surface area contributed by atoms with Gasteiger partial charge < -0.3 is 9.50 Å². The van der Waals surface area contributed by atoms with Gasteiger partial charge >= 0.3 is 10.1 Å². The molecule has 0 aliphatic carbocycles. The number of anilines is 1. The van der Waals surface area contributed by atoms with Gasteiger partial charge in [-0.05, 0) is 49.2 Å². The summed E-state index contributed by atoms with van der Waals surface area (Å²) in [7, 11) is -4.01. The van der Waals surface area contributed by atoms with Crippen molar-refractivity contribution in [2.24, 2.45) is 0 Å². The Labute approximate surface area is 143 Å². The van der Waals surface area contributed by atoms with Crippen LogP contribution >= 0.6 is 15.9 Å². The van der Waals surface area contributed by atoms with Gasteiger partial charge in [-0.1, -0.05) is 28.1 Å². The normalized spacial score (nSPS) is 11.1. The molecule has 5 nitrogen and oxygen atoms in total. The minimum absolute atomic E-state index is 0.0719. The average Bonchev–Trinajstić information content (AvgIpc) is 2.44. The Balaban J connectivity index is 2.44. The molecule has 0 unspecified atom stereocenters. The van der Waals surface area contributed by atoms with Gasteiger partial charge in [0.15, 0.2) is 5.75 Å². The zero-order valence-electron chi connectivity index (χ0n) is 12.9. The number of halogens is 1. The van der Waals surface area contributed by atoms with Crippen LogP contribution in [0.5, 0.6) is 5.75 Å². The van der Waals surface area contributed by atoms with Gasteiger partial charge in [0.25, 0.3) is 0 Å². The first-order chi connectivity index (χ1) is 10.7. The van der Waals surface area contributed by atoms with Crippen molar-refractivity contribution in [3.63, 3.8) is 0 Å². The van der Waals surface area contributed by atoms with Crippen molar-refractivity contribution in [2.75, 3.05) is 5.32 Å². The van der Waals surface area contributed by atoms with Gasteiger partial charge in [-0.25, -0.2) is 0 Å². The molecule has 1 amide bonds. The first kappa shape index (κ1) is 17.5. The van der Waals surface area contributed by atoms with E-state index in [4.69, 9.17) is 4.18 Å².